The van der Waals surface area contributed by atoms with E-state index in [4.69, 9.17) is 0 Å². The summed E-state index contributed by atoms with van der Waals surface area (Å²) in [6.07, 6.45) is 0.917. The molecule has 0 atom stereocenters. The van der Waals surface area contributed by atoms with Crippen molar-refractivity contribution in [3.63, 3.8) is 0 Å². The molecular weight excluding hydrogens is 318 g/mol. The van der Waals surface area contributed by atoms with Gasteiger partial charge in [-0.2, -0.15) is 5.10 Å². The van der Waals surface area contributed by atoms with E-state index in [2.05, 4.69) is 40.2 Å². The van der Waals surface area contributed by atoms with Crippen molar-refractivity contribution in [2.45, 2.75) is 39.9 Å². The molecule has 4 nitrogen and oxygen atoms in total. The van der Waals surface area contributed by atoms with Crippen molar-refractivity contribution in [1.29, 1.82) is 0 Å². The van der Waals surface area contributed by atoms with Gasteiger partial charge in [-0.15, -0.1) is 0 Å². The van der Waals surface area contributed by atoms with E-state index in [1.807, 2.05) is 22.9 Å². The zero-order chi connectivity index (χ0) is 14.5. The van der Waals surface area contributed by atoms with Crippen molar-refractivity contribution in [3.05, 3.63) is 45.7 Å². The van der Waals surface area contributed by atoms with E-state index in [0.717, 1.165) is 40.9 Å². The lowest BCUT2D eigenvalue weighted by molar-refractivity contribution is 0.463. The number of phenolic OH excluding ortho intramolecular Hbond substituents is 1. The maximum absolute atomic E-state index is 9.74. The fourth-order valence-corrected chi connectivity index (χ4v) is 2.87. The molecule has 2 N–H and O–H groups in total. The molecular formula is C15H20BrN3O. The second kappa shape index (κ2) is 6.90. The van der Waals surface area contributed by atoms with Crippen LogP contribution in [0.15, 0.2) is 28.7 Å². The van der Waals surface area contributed by atoms with Gasteiger partial charge in [-0.05, 0) is 35.3 Å². The lowest BCUT2D eigenvalue weighted by Gasteiger charge is -2.08. The largest absolute Gasteiger partial charge is 0.508 e. The van der Waals surface area contributed by atoms with Crippen LogP contribution in [0.3, 0.4) is 0 Å². The van der Waals surface area contributed by atoms with E-state index in [-0.39, 0.29) is 0 Å². The molecule has 108 valence electrons. The first-order valence-electron chi connectivity index (χ1n) is 6.89. The van der Waals surface area contributed by atoms with Gasteiger partial charge in [0.1, 0.15) is 5.75 Å². The highest BCUT2D eigenvalue weighted by molar-refractivity contribution is 9.10. The number of phenols is 1. The third kappa shape index (κ3) is 3.22. The normalized spacial score (nSPS) is 10.9. The number of aryl methyl sites for hydroxylation is 2. The van der Waals surface area contributed by atoms with Gasteiger partial charge >= 0.3 is 0 Å². The Balaban J connectivity index is 2.04. The summed E-state index contributed by atoms with van der Waals surface area (Å²) in [5.74, 6) is 0.331. The summed E-state index contributed by atoms with van der Waals surface area (Å²) < 4.78 is 3.10. The molecule has 2 rings (SSSR count). The molecule has 0 bridgehead atoms. The van der Waals surface area contributed by atoms with Crippen molar-refractivity contribution in [2.24, 2.45) is 0 Å². The smallest absolute Gasteiger partial charge is 0.120 e. The van der Waals surface area contributed by atoms with Gasteiger partial charge in [0.25, 0.3) is 0 Å². The number of hydrogen-bond donors (Lipinski definition) is 2. The van der Waals surface area contributed by atoms with E-state index in [9.17, 15) is 5.11 Å². The van der Waals surface area contributed by atoms with E-state index in [0.29, 0.717) is 12.3 Å². The number of hydrogen-bond acceptors (Lipinski definition) is 3. The van der Waals surface area contributed by atoms with E-state index < -0.39 is 0 Å². The van der Waals surface area contributed by atoms with Gasteiger partial charge in [-0.25, -0.2) is 0 Å². The van der Waals surface area contributed by atoms with Crippen molar-refractivity contribution >= 4 is 15.9 Å². The Hall–Kier alpha value is -1.33. The standard InChI is InChI=1S/C15H20BrN3O/c1-3-12-15(16)13(19(4-2)18-12)10-17-9-11-7-5-6-8-14(11)20/h5-8,17,20H,3-4,9-10H2,1-2H3. The van der Waals surface area contributed by atoms with E-state index in [1.54, 1.807) is 6.07 Å². The molecule has 1 aromatic carbocycles. The lowest BCUT2D eigenvalue weighted by atomic mass is 10.2. The van der Waals surface area contributed by atoms with Crippen molar-refractivity contribution in [3.8, 4) is 5.75 Å². The van der Waals surface area contributed by atoms with E-state index in [1.165, 1.54) is 0 Å². The third-order valence-corrected chi connectivity index (χ3v) is 4.21. The highest BCUT2D eigenvalue weighted by atomic mass is 79.9. The Kier molecular flexibility index (Phi) is 5.20. The Morgan fingerprint density at radius 3 is 2.65 bits per heavy atom. The number of aromatic nitrogens is 2. The molecule has 0 spiro atoms. The molecule has 0 amide bonds. The van der Waals surface area contributed by atoms with Gasteiger partial charge in [0.15, 0.2) is 0 Å². The van der Waals surface area contributed by atoms with Crippen LogP contribution >= 0.6 is 15.9 Å². The Morgan fingerprint density at radius 2 is 2.00 bits per heavy atom. The maximum Gasteiger partial charge on any atom is 0.120 e. The molecule has 0 saturated carbocycles. The molecule has 0 aliphatic heterocycles. The molecule has 0 fully saturated rings. The van der Waals surface area contributed by atoms with Gasteiger partial charge in [0.05, 0.1) is 15.9 Å². The van der Waals surface area contributed by atoms with Crippen LogP contribution < -0.4 is 5.32 Å². The topological polar surface area (TPSA) is 50.1 Å². The second-order valence-corrected chi connectivity index (χ2v) is 5.40. The van der Waals surface area contributed by atoms with Gasteiger partial charge < -0.3 is 10.4 Å². The van der Waals surface area contributed by atoms with Gasteiger partial charge in [0, 0.05) is 25.2 Å². The molecule has 5 heteroatoms. The fourth-order valence-electron chi connectivity index (χ4n) is 2.16. The number of para-hydroxylation sites is 1. The number of nitrogens with one attached hydrogen (secondary N) is 1. The predicted molar refractivity (Wildman–Crippen MR) is 83.6 cm³/mol. The minimum Gasteiger partial charge on any atom is -0.508 e. The number of nitrogens with zero attached hydrogens (tertiary/aromatic N) is 2. The molecule has 0 radical (unpaired) electrons. The van der Waals surface area contributed by atoms with Gasteiger partial charge in [0.2, 0.25) is 0 Å². The molecule has 1 heterocycles. The molecule has 20 heavy (non-hydrogen) atoms. The molecule has 0 aliphatic rings. The number of aromatic hydroxyl groups is 1. The molecule has 1 aromatic heterocycles. The van der Waals surface area contributed by atoms with Gasteiger partial charge in [-0.3, -0.25) is 4.68 Å². The number of halogens is 1. The Morgan fingerprint density at radius 1 is 1.25 bits per heavy atom. The van der Waals surface area contributed by atoms with Crippen molar-refractivity contribution in [1.82, 2.24) is 15.1 Å². The summed E-state index contributed by atoms with van der Waals surface area (Å²) in [6.45, 7) is 6.40. The minimum absolute atomic E-state index is 0.331. The number of benzene rings is 1. The Bertz CT molecular complexity index is 580. The van der Waals surface area contributed by atoms with Crippen LogP contribution in [0.4, 0.5) is 0 Å². The van der Waals surface area contributed by atoms with Crippen LogP contribution in [0, 0.1) is 0 Å². The summed E-state index contributed by atoms with van der Waals surface area (Å²) in [7, 11) is 0. The molecule has 0 unspecified atom stereocenters. The van der Waals surface area contributed by atoms with Crippen molar-refractivity contribution in [2.75, 3.05) is 0 Å². The zero-order valence-corrected chi connectivity index (χ0v) is 13.4. The fraction of sp³-hybridized carbons (Fsp3) is 0.400. The summed E-state index contributed by atoms with van der Waals surface area (Å²) in [5, 5.41) is 17.7. The predicted octanol–water partition coefficient (Wildman–Crippen LogP) is 3.22. The molecule has 2 aromatic rings. The second-order valence-electron chi connectivity index (χ2n) is 4.61. The SMILES string of the molecule is CCc1nn(CC)c(CNCc2ccccc2O)c1Br. The molecule has 0 saturated heterocycles. The number of rotatable bonds is 6. The third-order valence-electron chi connectivity index (χ3n) is 3.29. The highest BCUT2D eigenvalue weighted by Crippen LogP contribution is 2.22. The zero-order valence-electron chi connectivity index (χ0n) is 11.9. The summed E-state index contributed by atoms with van der Waals surface area (Å²) in [6, 6.07) is 7.39. The Labute approximate surface area is 127 Å². The van der Waals surface area contributed by atoms with Crippen LogP contribution in [0.25, 0.3) is 0 Å². The summed E-state index contributed by atoms with van der Waals surface area (Å²) >= 11 is 3.63. The van der Waals surface area contributed by atoms with Crippen LogP contribution in [0.2, 0.25) is 0 Å². The first kappa shape index (κ1) is 15.1. The van der Waals surface area contributed by atoms with Crippen LogP contribution in [0.5, 0.6) is 5.75 Å². The lowest BCUT2D eigenvalue weighted by Crippen LogP contribution is -2.16. The highest BCUT2D eigenvalue weighted by Gasteiger charge is 2.13. The van der Waals surface area contributed by atoms with Gasteiger partial charge in [-0.1, -0.05) is 25.1 Å². The quantitative estimate of drug-likeness (QED) is 0.850. The van der Waals surface area contributed by atoms with Crippen LogP contribution in [0.1, 0.15) is 30.8 Å². The summed E-state index contributed by atoms with van der Waals surface area (Å²) in [5.41, 5.74) is 3.15. The summed E-state index contributed by atoms with van der Waals surface area (Å²) in [4.78, 5) is 0. The maximum atomic E-state index is 9.74. The van der Waals surface area contributed by atoms with E-state index >= 15 is 0 Å². The monoisotopic (exact) mass is 337 g/mol. The average Bonchev–Trinajstić information content (AvgIpc) is 2.77. The average molecular weight is 338 g/mol. The van der Waals surface area contributed by atoms with Crippen LogP contribution in [-0.2, 0) is 26.1 Å². The van der Waals surface area contributed by atoms with Crippen molar-refractivity contribution < 1.29 is 5.11 Å². The first-order valence-corrected chi connectivity index (χ1v) is 7.68. The first-order chi connectivity index (χ1) is 9.67. The van der Waals surface area contributed by atoms with Crippen LogP contribution in [-0.4, -0.2) is 14.9 Å². The molecule has 0 aliphatic carbocycles. The minimum atomic E-state index is 0.331.